The zero-order valence-corrected chi connectivity index (χ0v) is 23.8. The van der Waals surface area contributed by atoms with Crippen LogP contribution in [-0.4, -0.2) is 14.8 Å². The lowest BCUT2D eigenvalue weighted by atomic mass is 9.88. The van der Waals surface area contributed by atoms with Gasteiger partial charge in [0.1, 0.15) is 0 Å². The van der Waals surface area contributed by atoms with Crippen molar-refractivity contribution < 1.29 is 0 Å². The number of benzene rings is 5. The van der Waals surface area contributed by atoms with Gasteiger partial charge in [-0.3, -0.25) is 4.99 Å². The Morgan fingerprint density at radius 1 is 0.698 bits per heavy atom. The lowest BCUT2D eigenvalue weighted by Crippen LogP contribution is -2.16. The first-order valence-electron chi connectivity index (χ1n) is 14.9. The highest BCUT2D eigenvalue weighted by Crippen LogP contribution is 2.55. The van der Waals surface area contributed by atoms with Gasteiger partial charge in [-0.2, -0.15) is 0 Å². The molecule has 0 fully saturated rings. The lowest BCUT2D eigenvalue weighted by molar-refractivity contribution is 0.776. The molecule has 0 spiro atoms. The van der Waals surface area contributed by atoms with Crippen LogP contribution < -0.4 is 0 Å². The summed E-state index contributed by atoms with van der Waals surface area (Å²) < 4.78 is 7.59. The summed E-state index contributed by atoms with van der Waals surface area (Å²) in [6, 6.07) is 37.7. The largest absolute Gasteiger partial charge is 0.658 e. The lowest BCUT2D eigenvalue weighted by Gasteiger charge is -2.37. The molecule has 5 aromatic carbocycles. The minimum atomic E-state index is -0.101. The number of nitrogens with zero attached hydrogens (tertiary/aromatic N) is 4. The Morgan fingerprint density at radius 2 is 1.53 bits per heavy atom. The zero-order chi connectivity index (χ0) is 27.8. The summed E-state index contributed by atoms with van der Waals surface area (Å²) >= 11 is 1.87. The Balaban J connectivity index is 1.22. The fourth-order valence-electron chi connectivity index (χ4n) is 7.95. The normalized spacial score (nSPS) is 18.4. The summed E-state index contributed by atoms with van der Waals surface area (Å²) in [6.07, 6.45) is 5.53. The summed E-state index contributed by atoms with van der Waals surface area (Å²) in [5.41, 5.74) is 10.7. The molecule has 3 aromatic heterocycles. The molecule has 2 atom stereocenters. The Morgan fingerprint density at radius 3 is 2.51 bits per heavy atom. The predicted octanol–water partition coefficient (Wildman–Crippen LogP) is 10.9. The van der Waals surface area contributed by atoms with Gasteiger partial charge >= 0.3 is 0 Å². The van der Waals surface area contributed by atoms with Crippen molar-refractivity contribution in [1.82, 2.24) is 9.13 Å². The van der Waals surface area contributed by atoms with Crippen LogP contribution in [0.5, 0.6) is 0 Å². The van der Waals surface area contributed by atoms with E-state index in [4.69, 9.17) is 10.3 Å². The second-order valence-corrected chi connectivity index (χ2v) is 13.0. The topological polar surface area (TPSA) is 36.3 Å². The Hall–Kier alpha value is -5.13. The first kappa shape index (κ1) is 22.5. The molecule has 5 heteroatoms. The maximum atomic E-state index is 5.30. The van der Waals surface area contributed by atoms with Gasteiger partial charge in [-0.05, 0) is 48.9 Å². The minimum Gasteiger partial charge on any atom is -0.658 e. The summed E-state index contributed by atoms with van der Waals surface area (Å²) in [6.45, 7) is 0. The highest BCUT2D eigenvalue weighted by Gasteiger charge is 2.39. The van der Waals surface area contributed by atoms with Crippen LogP contribution in [0.25, 0.3) is 70.0 Å². The highest BCUT2D eigenvalue weighted by atomic mass is 32.1. The molecule has 43 heavy (non-hydrogen) atoms. The van der Waals surface area contributed by atoms with Gasteiger partial charge in [0.05, 0.1) is 16.6 Å². The molecule has 0 radical (unpaired) electrons. The van der Waals surface area contributed by atoms with Crippen molar-refractivity contribution in [2.24, 2.45) is 4.99 Å². The summed E-state index contributed by atoms with van der Waals surface area (Å²) in [4.78, 5) is 5.20. The fourth-order valence-corrected chi connectivity index (χ4v) is 9.09. The molecule has 11 rings (SSSR count). The number of aromatic nitrogens is 2. The zero-order valence-electron chi connectivity index (χ0n) is 23.0. The molecule has 0 bridgehead atoms. The number of hydrogen-bond acceptors (Lipinski definition) is 2. The van der Waals surface area contributed by atoms with Crippen molar-refractivity contribution in [3.63, 3.8) is 0 Å². The van der Waals surface area contributed by atoms with Crippen LogP contribution in [0, 0.1) is 0 Å². The number of hydrogen-bond donors (Lipinski definition) is 0. The number of thiophene rings is 1. The molecule has 3 aliphatic rings. The van der Waals surface area contributed by atoms with E-state index in [9.17, 15) is 0 Å². The van der Waals surface area contributed by atoms with Crippen molar-refractivity contribution >= 4 is 87.4 Å². The van der Waals surface area contributed by atoms with Gasteiger partial charge in [-0.1, -0.05) is 72.8 Å². The third kappa shape index (κ3) is 2.79. The first-order chi connectivity index (χ1) is 21.3. The van der Waals surface area contributed by atoms with Crippen molar-refractivity contribution in [3.8, 4) is 5.69 Å². The number of rotatable bonds is 1. The van der Waals surface area contributed by atoms with Crippen molar-refractivity contribution in [3.05, 3.63) is 126 Å². The number of allylic oxidation sites excluding steroid dienone is 1. The fraction of sp³-hybridized carbons (Fsp3) is 0.0789. The van der Waals surface area contributed by atoms with Crippen molar-refractivity contribution in [2.45, 2.75) is 18.5 Å². The van der Waals surface area contributed by atoms with E-state index < -0.39 is 0 Å². The molecule has 0 amide bonds. The summed E-state index contributed by atoms with van der Waals surface area (Å²) in [5.74, 6) is 0.267. The second-order valence-electron chi connectivity index (χ2n) is 11.9. The van der Waals surface area contributed by atoms with Gasteiger partial charge in [0.2, 0.25) is 0 Å². The van der Waals surface area contributed by atoms with E-state index in [0.717, 1.165) is 17.8 Å². The first-order valence-corrected chi connectivity index (χ1v) is 15.7. The number of fused-ring (bicyclic) bond motifs is 13. The van der Waals surface area contributed by atoms with Crippen molar-refractivity contribution in [1.29, 1.82) is 0 Å². The summed E-state index contributed by atoms with van der Waals surface area (Å²) in [7, 11) is 0. The van der Waals surface area contributed by atoms with Crippen molar-refractivity contribution in [2.75, 3.05) is 0 Å². The van der Waals surface area contributed by atoms with Crippen LogP contribution in [-0.2, 0) is 0 Å². The van der Waals surface area contributed by atoms with Crippen LogP contribution in [0.3, 0.4) is 0 Å². The molecule has 8 aromatic rings. The molecule has 0 saturated carbocycles. The Bertz CT molecular complexity index is 2590. The molecule has 4 nitrogen and oxygen atoms in total. The quantitative estimate of drug-likeness (QED) is 0.189. The van der Waals surface area contributed by atoms with E-state index in [-0.39, 0.29) is 12.1 Å². The van der Waals surface area contributed by atoms with E-state index >= 15 is 0 Å². The molecular formula is C38H23N4S-. The third-order valence-electron chi connectivity index (χ3n) is 9.74. The van der Waals surface area contributed by atoms with E-state index in [0.29, 0.717) is 0 Å². The van der Waals surface area contributed by atoms with Gasteiger partial charge in [-0.15, -0.1) is 17.0 Å². The van der Waals surface area contributed by atoms with Crippen LogP contribution in [0.15, 0.2) is 114 Å². The Kier molecular flexibility index (Phi) is 4.09. The molecule has 202 valence electrons. The molecular weight excluding hydrogens is 545 g/mol. The Labute approximate surface area is 250 Å². The third-order valence-corrected chi connectivity index (χ3v) is 10.9. The monoisotopic (exact) mass is 567 g/mol. The van der Waals surface area contributed by atoms with Crippen LogP contribution in [0.2, 0.25) is 0 Å². The highest BCUT2D eigenvalue weighted by molar-refractivity contribution is 7.25. The van der Waals surface area contributed by atoms with E-state index in [1.807, 2.05) is 11.3 Å². The molecule has 5 heterocycles. The van der Waals surface area contributed by atoms with Crippen LogP contribution >= 0.6 is 11.3 Å². The minimum absolute atomic E-state index is 0.101. The average molecular weight is 568 g/mol. The van der Waals surface area contributed by atoms with Gasteiger partial charge in [0.25, 0.3) is 0 Å². The van der Waals surface area contributed by atoms with E-state index in [2.05, 4.69) is 124 Å². The standard InChI is InChI=1S/C38H23N4S/c1-5-14-31-22(8-1)27-19-28-25-10-7-11-26-36-38(40-30-13-4-3-12-29(30)39-36)42(37(25)26)33(28)20-32(27)41(31)21-16-17-24-23-9-2-6-15-34(23)43-35(24)18-21/h1-10,12-20,26,38H,11H2/q-1. The SMILES string of the molecule is C1=Cc2c3n(c4cc5c(cc24)c2ccccc2n5-c2ccc4c(c2)sc2ccccc24)C2[N-]c4ccccc4N=C2C3C1. The molecule has 1 aliphatic carbocycles. The van der Waals surface area contributed by atoms with Crippen LogP contribution in [0.4, 0.5) is 11.4 Å². The molecule has 0 N–H and O–H groups in total. The smallest absolute Gasteiger partial charge is 0.0562 e. The molecule has 2 unspecified atom stereocenters. The van der Waals surface area contributed by atoms with E-state index in [1.54, 1.807) is 0 Å². The van der Waals surface area contributed by atoms with Crippen LogP contribution in [0.1, 0.15) is 29.8 Å². The van der Waals surface area contributed by atoms with E-state index in [1.165, 1.54) is 75.5 Å². The average Bonchev–Trinajstić information content (AvgIpc) is 3.77. The van der Waals surface area contributed by atoms with Gasteiger partial charge in [-0.25, -0.2) is 0 Å². The predicted molar refractivity (Wildman–Crippen MR) is 181 cm³/mol. The summed E-state index contributed by atoms with van der Waals surface area (Å²) in [5, 5.41) is 11.8. The van der Waals surface area contributed by atoms with Gasteiger partial charge in [0, 0.05) is 76.8 Å². The number of para-hydroxylation sites is 3. The number of aliphatic imine (C=N–C) groups is 1. The molecule has 2 aliphatic heterocycles. The maximum Gasteiger partial charge on any atom is 0.0562 e. The second kappa shape index (κ2) is 7.82. The van der Waals surface area contributed by atoms with Gasteiger partial charge in [0.15, 0.2) is 0 Å². The molecule has 0 saturated heterocycles. The maximum absolute atomic E-state index is 5.30. The van der Waals surface area contributed by atoms with Gasteiger partial charge < -0.3 is 14.5 Å².